The van der Waals surface area contributed by atoms with E-state index in [1.54, 1.807) is 7.05 Å². The molecule has 0 aliphatic carbocycles. The van der Waals surface area contributed by atoms with Crippen molar-refractivity contribution >= 4 is 19.4 Å². The first-order chi connectivity index (χ1) is 6.01. The molecule has 0 atom stereocenters. The van der Waals surface area contributed by atoms with Crippen molar-refractivity contribution in [3.63, 3.8) is 0 Å². The second kappa shape index (κ2) is 22.4. The average molecular weight is 220 g/mol. The number of hydrogen-bond donors (Lipinski definition) is 1. The minimum Gasteiger partial charge on any atom is -0.545 e. The zero-order chi connectivity index (χ0) is 11.3. The van der Waals surface area contributed by atoms with Gasteiger partial charge in [-0.05, 0) is 0 Å². The fourth-order valence-electron chi connectivity index (χ4n) is 0.289. The standard InChI is InChI=1S/C5H11NO.2CHO.Ni/c1-4(2)5(7)6-3;2*1-2;/h4H,1-3H3,(H,6,7);2*1H;/q;2*-1;+2/i;2*1D;. The molecule has 0 fully saturated rings. The number of carbonyl (C=O) groups excluding carboxylic acids is 3. The third kappa shape index (κ3) is 22.8. The van der Waals surface area contributed by atoms with E-state index in [-0.39, 0.29) is 28.3 Å². The number of hydrogen-bond acceptors (Lipinski definition) is 3. The molecule has 0 unspecified atom stereocenters. The summed E-state index contributed by atoms with van der Waals surface area (Å²) in [5.41, 5.74) is 0. The zero-order valence-electron chi connectivity index (χ0n) is 9.12. The second-order valence-corrected chi connectivity index (χ2v) is 1.77. The number of rotatable bonds is 1. The average Bonchev–Trinajstić information content (AvgIpc) is 2.05. The fraction of sp³-hybridized carbons (Fsp3) is 0.571. The van der Waals surface area contributed by atoms with Crippen LogP contribution in [0.4, 0.5) is 0 Å². The number of amides is 1. The van der Waals surface area contributed by atoms with Crippen molar-refractivity contribution < 1.29 is 33.6 Å². The third-order valence-corrected chi connectivity index (χ3v) is 0.771. The maximum absolute atomic E-state index is 10.4. The summed E-state index contributed by atoms with van der Waals surface area (Å²) in [7, 11) is 1.64. The summed E-state index contributed by atoms with van der Waals surface area (Å²) in [4.78, 5) is 27.1. The van der Waals surface area contributed by atoms with Gasteiger partial charge >= 0.3 is 16.5 Å². The van der Waals surface area contributed by atoms with Gasteiger partial charge in [-0.3, -0.25) is 18.3 Å². The Balaban J connectivity index is -0.0000000610. The van der Waals surface area contributed by atoms with Crippen molar-refractivity contribution in [2.24, 2.45) is 5.92 Å². The van der Waals surface area contributed by atoms with Crippen LogP contribution >= 0.6 is 0 Å². The molecule has 0 bridgehead atoms. The van der Waals surface area contributed by atoms with Crippen molar-refractivity contribution in [1.29, 1.82) is 0 Å². The van der Waals surface area contributed by atoms with Gasteiger partial charge in [-0.15, -0.1) is 0 Å². The number of nitrogens with one attached hydrogen (secondary N) is 1. The molecular formula is C7H13NNiO3. The quantitative estimate of drug-likeness (QED) is 0.379. The summed E-state index contributed by atoms with van der Waals surface area (Å²) < 4.78 is 10.8. The predicted octanol–water partition coefficient (Wildman–Crippen LogP) is -0.162. The first-order valence-electron chi connectivity index (χ1n) is 3.81. The first-order valence-corrected chi connectivity index (χ1v) is 2.81. The van der Waals surface area contributed by atoms with Gasteiger partial charge in [0.2, 0.25) is 5.91 Å². The molecule has 12 heavy (non-hydrogen) atoms. The summed E-state index contributed by atoms with van der Waals surface area (Å²) in [6, 6.07) is 0. The van der Waals surface area contributed by atoms with Crippen LogP contribution in [0.25, 0.3) is 0 Å². The molecule has 74 valence electrons. The fourth-order valence-corrected chi connectivity index (χ4v) is 0.289. The van der Waals surface area contributed by atoms with Crippen molar-refractivity contribution in [2.45, 2.75) is 13.8 Å². The van der Waals surface area contributed by atoms with E-state index in [1.807, 2.05) is 13.8 Å². The first kappa shape index (κ1) is 13.9. The van der Waals surface area contributed by atoms with Crippen LogP contribution < -0.4 is 5.32 Å². The summed E-state index contributed by atoms with van der Waals surface area (Å²) in [6.45, 7) is 5.22. The topological polar surface area (TPSA) is 63.2 Å². The van der Waals surface area contributed by atoms with Gasteiger partial charge in [-0.25, -0.2) is 0 Å². The number of carbonyl (C=O) groups is 1. The minimum atomic E-state index is 0. The largest absolute Gasteiger partial charge is 2.00 e. The van der Waals surface area contributed by atoms with E-state index in [1.165, 1.54) is 0 Å². The van der Waals surface area contributed by atoms with E-state index < -0.39 is 0 Å². The molecule has 0 aromatic carbocycles. The molecule has 4 nitrogen and oxygen atoms in total. The van der Waals surface area contributed by atoms with Gasteiger partial charge in [0.1, 0.15) is 0 Å². The van der Waals surface area contributed by atoms with Crippen molar-refractivity contribution in [1.82, 2.24) is 5.32 Å². The van der Waals surface area contributed by atoms with Gasteiger partial charge < -0.3 is 14.9 Å². The van der Waals surface area contributed by atoms with Crippen LogP contribution in [-0.2, 0) is 30.9 Å². The maximum atomic E-state index is 10.4. The molecule has 0 spiro atoms. The van der Waals surface area contributed by atoms with Gasteiger partial charge in [-0.2, -0.15) is 2.74 Å². The van der Waals surface area contributed by atoms with Crippen LogP contribution in [0.2, 0.25) is 0 Å². The van der Waals surface area contributed by atoms with Gasteiger partial charge in [-0.1, -0.05) is 13.8 Å². The Kier molecular flexibility index (Phi) is 25.9. The summed E-state index contributed by atoms with van der Waals surface area (Å²) >= 11 is 0. The van der Waals surface area contributed by atoms with E-state index >= 15 is 0 Å². The Morgan fingerprint density at radius 2 is 1.67 bits per heavy atom. The molecule has 0 heterocycles. The third-order valence-electron chi connectivity index (χ3n) is 0.771. The molecule has 0 saturated heterocycles. The Labute approximate surface area is 85.8 Å². The maximum Gasteiger partial charge on any atom is 2.00 e. The normalized spacial score (nSPS) is 7.67. The summed E-state index contributed by atoms with van der Waals surface area (Å²) in [5, 5.41) is 2.53. The van der Waals surface area contributed by atoms with Gasteiger partial charge in [0.25, 0.3) is 0 Å². The molecule has 0 aliphatic heterocycles. The van der Waals surface area contributed by atoms with Gasteiger partial charge in [0, 0.05) is 13.0 Å². The SMILES string of the molecule is CNC(=O)C(C)C.[2H][C-]=O.[2H][C-]=O.[Ni+2]. The molecule has 1 amide bonds. The molecular weight excluding hydrogens is 205 g/mol. The zero-order valence-corrected chi connectivity index (χ0v) is 8.11. The van der Waals surface area contributed by atoms with E-state index in [9.17, 15) is 4.79 Å². The monoisotopic (exact) mass is 219 g/mol. The minimum absolute atomic E-state index is 0. The van der Waals surface area contributed by atoms with E-state index in [4.69, 9.17) is 12.3 Å². The van der Waals surface area contributed by atoms with Crippen LogP contribution in [-0.4, -0.2) is 26.5 Å². The Morgan fingerprint density at radius 1 is 1.42 bits per heavy atom. The molecule has 5 heteroatoms. The van der Waals surface area contributed by atoms with E-state index in [2.05, 4.69) is 5.32 Å². The van der Waals surface area contributed by atoms with Crippen LogP contribution in [0.3, 0.4) is 0 Å². The molecule has 0 saturated carbocycles. The van der Waals surface area contributed by atoms with Crippen LogP contribution in [0.1, 0.15) is 16.6 Å². The Morgan fingerprint density at radius 3 is 1.67 bits per heavy atom. The Hall–Kier alpha value is -0.696. The molecule has 1 N–H and O–H groups in total. The van der Waals surface area contributed by atoms with Crippen molar-refractivity contribution in [2.75, 3.05) is 7.05 Å². The van der Waals surface area contributed by atoms with Crippen LogP contribution in [0, 0.1) is 5.92 Å². The van der Waals surface area contributed by atoms with E-state index in [0.29, 0.717) is 0 Å². The molecule has 0 aromatic heterocycles. The second-order valence-electron chi connectivity index (χ2n) is 1.77. The summed E-state index contributed by atoms with van der Waals surface area (Å²) in [5.74, 6) is 0.213. The predicted molar refractivity (Wildman–Crippen MR) is 42.4 cm³/mol. The van der Waals surface area contributed by atoms with Crippen LogP contribution in [0.15, 0.2) is 0 Å². The van der Waals surface area contributed by atoms with Crippen molar-refractivity contribution in [3.8, 4) is 0 Å². The van der Waals surface area contributed by atoms with Gasteiger partial charge in [0.15, 0.2) is 0 Å². The van der Waals surface area contributed by atoms with E-state index in [0.717, 1.165) is 13.5 Å². The van der Waals surface area contributed by atoms with Gasteiger partial charge in [0.05, 0.1) is 0 Å². The summed E-state index contributed by atoms with van der Waals surface area (Å²) in [6.07, 6.45) is 0. The smallest absolute Gasteiger partial charge is 0.545 e. The Bertz CT molecular complexity index is 139. The molecule has 0 radical (unpaired) electrons. The molecule has 0 aromatic rings. The molecule has 0 aliphatic rings. The van der Waals surface area contributed by atoms with Crippen molar-refractivity contribution in [3.05, 3.63) is 0 Å². The molecule has 0 rings (SSSR count). The van der Waals surface area contributed by atoms with Crippen LogP contribution in [0.5, 0.6) is 0 Å².